The molecular formula is C24H28N4O. The van der Waals surface area contributed by atoms with Gasteiger partial charge >= 0.3 is 0 Å². The Morgan fingerprint density at radius 1 is 1.17 bits per heavy atom. The van der Waals surface area contributed by atoms with Gasteiger partial charge in [0, 0.05) is 18.7 Å². The van der Waals surface area contributed by atoms with E-state index in [1.54, 1.807) is 4.68 Å². The molecule has 1 atom stereocenters. The molecule has 150 valence electrons. The fourth-order valence-electron chi connectivity index (χ4n) is 4.61. The minimum absolute atomic E-state index is 0.0411. The molecule has 0 bridgehead atoms. The molecule has 2 aliphatic rings. The predicted octanol–water partition coefficient (Wildman–Crippen LogP) is 4.52. The molecule has 1 fully saturated rings. The number of rotatable bonds is 4. The number of benzene rings is 1. The number of hydrogen-bond acceptors (Lipinski definition) is 3. The molecular weight excluding hydrogens is 360 g/mol. The first-order valence-corrected chi connectivity index (χ1v) is 10.8. The minimum atomic E-state index is -0.0423. The van der Waals surface area contributed by atoms with E-state index in [-0.39, 0.29) is 11.9 Å². The van der Waals surface area contributed by atoms with E-state index < -0.39 is 0 Å². The maximum Gasteiger partial charge on any atom is 0.252 e. The topological polar surface area (TPSA) is 59.8 Å². The van der Waals surface area contributed by atoms with Gasteiger partial charge in [-0.1, -0.05) is 18.2 Å². The van der Waals surface area contributed by atoms with Crippen LogP contribution in [0.2, 0.25) is 0 Å². The first-order chi connectivity index (χ1) is 14.0. The van der Waals surface area contributed by atoms with E-state index in [0.717, 1.165) is 41.7 Å². The highest BCUT2D eigenvalue weighted by atomic mass is 16.1. The normalized spacial score (nSPS) is 17.2. The van der Waals surface area contributed by atoms with Crippen LogP contribution in [0.1, 0.15) is 83.0 Å². The summed E-state index contributed by atoms with van der Waals surface area (Å²) in [5.41, 5.74) is 7.46. The molecule has 1 unspecified atom stereocenters. The van der Waals surface area contributed by atoms with Crippen LogP contribution in [0.25, 0.3) is 11.0 Å². The van der Waals surface area contributed by atoms with Crippen molar-refractivity contribution < 1.29 is 4.79 Å². The standard InChI is InChI=1S/C24H28N4O/c1-14(18-11-8-16-6-4-5-7-19(16)12-18)25-24(29)20-13-21(17-9-10-17)26-23-22(20)15(2)27-28(23)3/h8,11-14,17H,4-7,9-10H2,1-3H3,(H,25,29). The van der Waals surface area contributed by atoms with Gasteiger partial charge in [0.05, 0.1) is 22.7 Å². The van der Waals surface area contributed by atoms with Crippen LogP contribution in [0.5, 0.6) is 0 Å². The summed E-state index contributed by atoms with van der Waals surface area (Å²) in [6.07, 6.45) is 7.18. The second-order valence-electron chi connectivity index (χ2n) is 8.71. The van der Waals surface area contributed by atoms with Gasteiger partial charge in [-0.2, -0.15) is 5.10 Å². The molecule has 5 nitrogen and oxygen atoms in total. The van der Waals surface area contributed by atoms with Crippen molar-refractivity contribution in [2.45, 2.75) is 64.3 Å². The quantitative estimate of drug-likeness (QED) is 0.715. The van der Waals surface area contributed by atoms with Crippen molar-refractivity contribution in [3.8, 4) is 0 Å². The number of amides is 1. The third kappa shape index (κ3) is 3.33. The maximum atomic E-state index is 13.3. The molecule has 3 aromatic rings. The molecule has 0 radical (unpaired) electrons. The lowest BCUT2D eigenvalue weighted by atomic mass is 9.89. The first kappa shape index (κ1) is 18.3. The van der Waals surface area contributed by atoms with E-state index in [1.165, 1.54) is 36.0 Å². The highest BCUT2D eigenvalue weighted by Gasteiger charge is 2.29. The molecule has 0 aliphatic heterocycles. The Bertz CT molecular complexity index is 1110. The molecule has 2 aliphatic carbocycles. The number of fused-ring (bicyclic) bond motifs is 2. The van der Waals surface area contributed by atoms with Gasteiger partial charge in [0.15, 0.2) is 5.65 Å². The van der Waals surface area contributed by atoms with E-state index in [2.05, 4.69) is 35.5 Å². The van der Waals surface area contributed by atoms with Gasteiger partial charge in [0.2, 0.25) is 0 Å². The number of hydrogen-bond donors (Lipinski definition) is 1. The van der Waals surface area contributed by atoms with Gasteiger partial charge in [-0.05, 0) is 75.1 Å². The van der Waals surface area contributed by atoms with Crippen LogP contribution in [-0.2, 0) is 19.9 Å². The fraction of sp³-hybridized carbons (Fsp3) is 0.458. The van der Waals surface area contributed by atoms with Crippen LogP contribution in [-0.4, -0.2) is 20.7 Å². The van der Waals surface area contributed by atoms with Gasteiger partial charge in [0.1, 0.15) is 0 Å². The van der Waals surface area contributed by atoms with Gasteiger partial charge in [-0.3, -0.25) is 9.48 Å². The highest BCUT2D eigenvalue weighted by molar-refractivity contribution is 6.06. The number of aryl methyl sites for hydroxylation is 4. The van der Waals surface area contributed by atoms with Crippen molar-refractivity contribution in [1.82, 2.24) is 20.1 Å². The van der Waals surface area contributed by atoms with Crippen LogP contribution in [0, 0.1) is 6.92 Å². The monoisotopic (exact) mass is 388 g/mol. The zero-order valence-electron chi connectivity index (χ0n) is 17.5. The van der Waals surface area contributed by atoms with Crippen LogP contribution < -0.4 is 5.32 Å². The van der Waals surface area contributed by atoms with Crippen molar-refractivity contribution in [1.29, 1.82) is 0 Å². The molecule has 2 aromatic heterocycles. The lowest BCUT2D eigenvalue weighted by Gasteiger charge is -2.20. The highest BCUT2D eigenvalue weighted by Crippen LogP contribution is 2.40. The number of pyridine rings is 1. The molecule has 0 saturated heterocycles. The molecule has 1 aromatic carbocycles. The van der Waals surface area contributed by atoms with Crippen molar-refractivity contribution in [3.63, 3.8) is 0 Å². The first-order valence-electron chi connectivity index (χ1n) is 10.8. The number of nitrogens with one attached hydrogen (secondary N) is 1. The van der Waals surface area contributed by atoms with Crippen LogP contribution >= 0.6 is 0 Å². The fourth-order valence-corrected chi connectivity index (χ4v) is 4.61. The van der Waals surface area contributed by atoms with Crippen LogP contribution in [0.3, 0.4) is 0 Å². The van der Waals surface area contributed by atoms with E-state index in [0.29, 0.717) is 11.5 Å². The molecule has 1 amide bonds. The Kier molecular flexibility index (Phi) is 4.41. The summed E-state index contributed by atoms with van der Waals surface area (Å²) in [5.74, 6) is 0.444. The third-order valence-corrected chi connectivity index (χ3v) is 6.45. The molecule has 5 rings (SSSR count). The summed E-state index contributed by atoms with van der Waals surface area (Å²) < 4.78 is 1.79. The predicted molar refractivity (Wildman–Crippen MR) is 114 cm³/mol. The Hall–Kier alpha value is -2.69. The van der Waals surface area contributed by atoms with Crippen molar-refractivity contribution in [2.24, 2.45) is 7.05 Å². The summed E-state index contributed by atoms with van der Waals surface area (Å²) in [4.78, 5) is 18.1. The van der Waals surface area contributed by atoms with Crippen LogP contribution in [0.15, 0.2) is 24.3 Å². The minimum Gasteiger partial charge on any atom is -0.345 e. The maximum absolute atomic E-state index is 13.3. The Morgan fingerprint density at radius 2 is 1.93 bits per heavy atom. The smallest absolute Gasteiger partial charge is 0.252 e. The van der Waals surface area contributed by atoms with Crippen molar-refractivity contribution in [3.05, 3.63) is 57.9 Å². The zero-order chi connectivity index (χ0) is 20.1. The van der Waals surface area contributed by atoms with E-state index in [1.807, 2.05) is 20.0 Å². The summed E-state index contributed by atoms with van der Waals surface area (Å²) in [6, 6.07) is 8.64. The Labute approximate surface area is 171 Å². The van der Waals surface area contributed by atoms with Crippen molar-refractivity contribution >= 4 is 16.9 Å². The lowest BCUT2D eigenvalue weighted by Crippen LogP contribution is -2.27. The van der Waals surface area contributed by atoms with Gasteiger partial charge in [-0.25, -0.2) is 4.98 Å². The number of nitrogens with zero attached hydrogens (tertiary/aromatic N) is 3. The summed E-state index contributed by atoms with van der Waals surface area (Å²) >= 11 is 0. The molecule has 1 N–H and O–H groups in total. The molecule has 0 spiro atoms. The molecule has 29 heavy (non-hydrogen) atoms. The Morgan fingerprint density at radius 3 is 2.69 bits per heavy atom. The summed E-state index contributed by atoms with van der Waals surface area (Å²) in [6.45, 7) is 4.02. The average molecular weight is 389 g/mol. The molecule has 5 heteroatoms. The second-order valence-corrected chi connectivity index (χ2v) is 8.71. The number of carbonyl (C=O) groups is 1. The lowest BCUT2D eigenvalue weighted by molar-refractivity contribution is 0.0941. The number of carbonyl (C=O) groups excluding carboxylic acids is 1. The van der Waals surface area contributed by atoms with Gasteiger partial charge in [0.25, 0.3) is 5.91 Å². The average Bonchev–Trinajstić information content (AvgIpc) is 3.53. The van der Waals surface area contributed by atoms with E-state index in [9.17, 15) is 4.79 Å². The van der Waals surface area contributed by atoms with Crippen molar-refractivity contribution in [2.75, 3.05) is 0 Å². The number of aromatic nitrogens is 3. The molecule has 1 saturated carbocycles. The Balaban J connectivity index is 1.47. The van der Waals surface area contributed by atoms with Gasteiger partial charge < -0.3 is 5.32 Å². The molecule has 2 heterocycles. The second kappa shape index (κ2) is 6.97. The zero-order valence-corrected chi connectivity index (χ0v) is 17.5. The van der Waals surface area contributed by atoms with Crippen LogP contribution in [0.4, 0.5) is 0 Å². The third-order valence-electron chi connectivity index (χ3n) is 6.45. The summed E-state index contributed by atoms with van der Waals surface area (Å²) in [5, 5.41) is 8.61. The van der Waals surface area contributed by atoms with E-state index in [4.69, 9.17) is 4.98 Å². The SMILES string of the molecule is Cc1nn(C)c2nc(C3CC3)cc(C(=O)NC(C)c3ccc4c(c3)CCCC4)c12. The van der Waals surface area contributed by atoms with Gasteiger partial charge in [-0.15, -0.1) is 0 Å². The summed E-state index contributed by atoms with van der Waals surface area (Å²) in [7, 11) is 1.90. The van der Waals surface area contributed by atoms with E-state index >= 15 is 0 Å². The largest absolute Gasteiger partial charge is 0.345 e.